The van der Waals surface area contributed by atoms with Gasteiger partial charge in [0.1, 0.15) is 6.61 Å². The summed E-state index contributed by atoms with van der Waals surface area (Å²) in [4.78, 5) is 12.0. The normalized spacial score (nSPS) is 12.3. The van der Waals surface area contributed by atoms with Crippen LogP contribution in [0.25, 0.3) is 11.3 Å². The van der Waals surface area contributed by atoms with Crippen LogP contribution in [0.4, 0.5) is 13.6 Å². The molecular formula is C24H24F2N2O2. The molecule has 2 heterocycles. The van der Waals surface area contributed by atoms with Crippen molar-refractivity contribution in [3.8, 4) is 11.3 Å². The number of carbonyl (C=O) groups is 1. The van der Waals surface area contributed by atoms with Gasteiger partial charge in [0.2, 0.25) is 0 Å². The van der Waals surface area contributed by atoms with Crippen LogP contribution in [0.1, 0.15) is 41.3 Å². The molecule has 1 aromatic heterocycles. The highest BCUT2D eigenvalue weighted by Crippen LogP contribution is 2.37. The predicted molar refractivity (Wildman–Crippen MR) is 111 cm³/mol. The van der Waals surface area contributed by atoms with Crippen LogP contribution in [-0.4, -0.2) is 17.2 Å². The summed E-state index contributed by atoms with van der Waals surface area (Å²) in [5.41, 5.74) is 6.69. The first-order valence-electron chi connectivity index (χ1n) is 10.1. The highest BCUT2D eigenvalue weighted by Gasteiger charge is 2.26. The molecule has 0 spiro atoms. The number of hydrogen-bond donors (Lipinski definition) is 1. The minimum absolute atomic E-state index is 0.0616. The van der Waals surface area contributed by atoms with E-state index in [1.807, 2.05) is 26.0 Å². The second kappa shape index (κ2) is 8.30. The van der Waals surface area contributed by atoms with E-state index in [-0.39, 0.29) is 6.61 Å². The van der Waals surface area contributed by atoms with Crippen molar-refractivity contribution in [1.82, 2.24) is 9.88 Å². The quantitative estimate of drug-likeness (QED) is 0.483. The molecule has 156 valence electrons. The van der Waals surface area contributed by atoms with E-state index in [1.54, 1.807) is 6.07 Å². The van der Waals surface area contributed by atoms with E-state index in [9.17, 15) is 13.6 Å². The van der Waals surface area contributed by atoms with Gasteiger partial charge in [-0.05, 0) is 48.2 Å². The number of nitrogens with zero attached hydrogens (tertiary/aromatic N) is 1. The Hall–Kier alpha value is -3.15. The summed E-state index contributed by atoms with van der Waals surface area (Å²) in [7, 11) is 0. The fourth-order valence-corrected chi connectivity index (χ4v) is 4.06. The lowest BCUT2D eigenvalue weighted by molar-refractivity contribution is 0.139. The average Bonchev–Trinajstić information content (AvgIpc) is 3.02. The molecule has 30 heavy (non-hydrogen) atoms. The van der Waals surface area contributed by atoms with Gasteiger partial charge in [-0.3, -0.25) is 0 Å². The van der Waals surface area contributed by atoms with E-state index < -0.39 is 17.7 Å². The third-order valence-electron chi connectivity index (χ3n) is 5.63. The molecule has 2 aromatic carbocycles. The molecule has 4 rings (SSSR count). The van der Waals surface area contributed by atoms with Gasteiger partial charge in [0.15, 0.2) is 11.6 Å². The molecule has 4 nitrogen and oxygen atoms in total. The number of amides is 1. The Kier molecular flexibility index (Phi) is 5.57. The highest BCUT2D eigenvalue weighted by atomic mass is 19.2. The number of alkyl carbamates (subject to hydrolysis) is 1. The van der Waals surface area contributed by atoms with Crippen LogP contribution >= 0.6 is 0 Å². The molecule has 0 fully saturated rings. The molecule has 1 aliphatic heterocycles. The minimum atomic E-state index is -0.899. The van der Waals surface area contributed by atoms with Gasteiger partial charge < -0.3 is 14.6 Å². The Labute approximate surface area is 174 Å². The lowest BCUT2D eigenvalue weighted by Crippen LogP contribution is -2.24. The monoisotopic (exact) mass is 410 g/mol. The molecule has 0 radical (unpaired) electrons. The third kappa shape index (κ3) is 3.70. The zero-order chi connectivity index (χ0) is 21.3. The van der Waals surface area contributed by atoms with E-state index in [2.05, 4.69) is 22.0 Å². The maximum absolute atomic E-state index is 14.0. The number of aromatic nitrogens is 1. The van der Waals surface area contributed by atoms with Crippen LogP contribution < -0.4 is 5.32 Å². The summed E-state index contributed by atoms with van der Waals surface area (Å²) in [5.74, 6) is -1.78. The zero-order valence-electron chi connectivity index (χ0n) is 17.1. The van der Waals surface area contributed by atoms with Crippen molar-refractivity contribution < 1.29 is 18.3 Å². The first-order chi connectivity index (χ1) is 14.5. The summed E-state index contributed by atoms with van der Waals surface area (Å²) in [5, 5.41) is 2.70. The Morgan fingerprint density at radius 2 is 1.90 bits per heavy atom. The van der Waals surface area contributed by atoms with Crippen molar-refractivity contribution in [3.63, 3.8) is 0 Å². The van der Waals surface area contributed by atoms with Gasteiger partial charge in [0, 0.05) is 36.3 Å². The van der Waals surface area contributed by atoms with E-state index in [0.29, 0.717) is 18.7 Å². The molecule has 1 aliphatic rings. The number of rotatable bonds is 5. The molecule has 0 unspecified atom stereocenters. The van der Waals surface area contributed by atoms with E-state index in [1.165, 1.54) is 17.2 Å². The van der Waals surface area contributed by atoms with Crippen molar-refractivity contribution in [1.29, 1.82) is 0 Å². The molecule has 3 aromatic rings. The molecule has 1 amide bonds. The summed E-state index contributed by atoms with van der Waals surface area (Å²) in [6.45, 7) is 5.18. The standard InChI is InChI=1S/C24H24F2N2O2/c1-3-10-27-24(29)30-14-19-15(2)22-12-16-6-4-5-7-18(16)13-28(22)23(19)17-8-9-20(25)21(26)11-17/h4-9,11H,3,10,12-14H2,1-2H3,(H,27,29). The number of fused-ring (bicyclic) bond motifs is 2. The molecule has 0 saturated carbocycles. The van der Waals surface area contributed by atoms with Crippen LogP contribution in [0.5, 0.6) is 0 Å². The van der Waals surface area contributed by atoms with Gasteiger partial charge in [-0.15, -0.1) is 0 Å². The smallest absolute Gasteiger partial charge is 0.407 e. The van der Waals surface area contributed by atoms with Crippen LogP contribution in [-0.2, 0) is 24.3 Å². The molecule has 0 atom stereocenters. The number of ether oxygens (including phenoxy) is 1. The minimum Gasteiger partial charge on any atom is -0.445 e. The van der Waals surface area contributed by atoms with Gasteiger partial charge in [-0.1, -0.05) is 31.2 Å². The fourth-order valence-electron chi connectivity index (χ4n) is 4.06. The average molecular weight is 410 g/mol. The summed E-state index contributed by atoms with van der Waals surface area (Å²) in [6.07, 6.45) is 1.06. The van der Waals surface area contributed by atoms with Crippen LogP contribution in [0.15, 0.2) is 42.5 Å². The van der Waals surface area contributed by atoms with Crippen LogP contribution in [0.2, 0.25) is 0 Å². The summed E-state index contributed by atoms with van der Waals surface area (Å²) < 4.78 is 35.2. The Morgan fingerprint density at radius 1 is 1.13 bits per heavy atom. The zero-order valence-corrected chi connectivity index (χ0v) is 17.1. The van der Waals surface area contributed by atoms with Gasteiger partial charge in [0.05, 0.1) is 5.69 Å². The van der Waals surface area contributed by atoms with E-state index >= 15 is 0 Å². The van der Waals surface area contributed by atoms with Crippen molar-refractivity contribution in [2.24, 2.45) is 0 Å². The maximum Gasteiger partial charge on any atom is 0.407 e. The lowest BCUT2D eigenvalue weighted by Gasteiger charge is -2.22. The number of carbonyl (C=O) groups excluding carboxylic acids is 1. The number of halogens is 2. The second-order valence-electron chi connectivity index (χ2n) is 7.56. The number of benzene rings is 2. The number of hydrogen-bond acceptors (Lipinski definition) is 2. The van der Waals surface area contributed by atoms with Crippen LogP contribution in [0.3, 0.4) is 0 Å². The Morgan fingerprint density at radius 3 is 2.63 bits per heavy atom. The van der Waals surface area contributed by atoms with E-state index in [4.69, 9.17) is 4.74 Å². The lowest BCUT2D eigenvalue weighted by atomic mass is 9.97. The third-order valence-corrected chi connectivity index (χ3v) is 5.63. The van der Waals surface area contributed by atoms with E-state index in [0.717, 1.165) is 41.4 Å². The molecule has 0 aliphatic carbocycles. The van der Waals surface area contributed by atoms with Gasteiger partial charge >= 0.3 is 6.09 Å². The SMILES string of the molecule is CCCNC(=O)OCc1c(C)c2n(c1-c1ccc(F)c(F)c1)Cc1ccccc1C2. The van der Waals surface area contributed by atoms with Crippen molar-refractivity contribution in [2.45, 2.75) is 39.8 Å². The van der Waals surface area contributed by atoms with Gasteiger partial charge in [-0.2, -0.15) is 0 Å². The molecular weight excluding hydrogens is 386 g/mol. The predicted octanol–water partition coefficient (Wildman–Crippen LogP) is 5.33. The largest absolute Gasteiger partial charge is 0.445 e. The Balaban J connectivity index is 1.78. The topological polar surface area (TPSA) is 43.3 Å². The van der Waals surface area contributed by atoms with Crippen LogP contribution in [0, 0.1) is 18.6 Å². The molecule has 0 bridgehead atoms. The second-order valence-corrected chi connectivity index (χ2v) is 7.56. The highest BCUT2D eigenvalue weighted by molar-refractivity contribution is 5.71. The van der Waals surface area contributed by atoms with Gasteiger partial charge in [0.25, 0.3) is 0 Å². The first-order valence-corrected chi connectivity index (χ1v) is 10.1. The van der Waals surface area contributed by atoms with Crippen molar-refractivity contribution in [3.05, 3.63) is 82.0 Å². The van der Waals surface area contributed by atoms with Crippen molar-refractivity contribution in [2.75, 3.05) is 6.54 Å². The Bertz CT molecular complexity index is 1100. The fraction of sp³-hybridized carbons (Fsp3) is 0.292. The van der Waals surface area contributed by atoms with Gasteiger partial charge in [-0.25, -0.2) is 13.6 Å². The molecule has 6 heteroatoms. The summed E-state index contributed by atoms with van der Waals surface area (Å²) >= 11 is 0. The first kappa shape index (κ1) is 20.1. The van der Waals surface area contributed by atoms with Crippen molar-refractivity contribution >= 4 is 6.09 Å². The molecule has 0 saturated heterocycles. The summed E-state index contributed by atoms with van der Waals surface area (Å²) in [6, 6.07) is 12.1. The molecule has 1 N–H and O–H groups in total. The number of nitrogens with one attached hydrogen (secondary N) is 1. The maximum atomic E-state index is 14.0.